The van der Waals surface area contributed by atoms with E-state index in [9.17, 15) is 14.4 Å². The summed E-state index contributed by atoms with van der Waals surface area (Å²) in [5.74, 6) is -0.991. The van der Waals surface area contributed by atoms with Crippen LogP contribution in [0.2, 0.25) is 0 Å². The number of unbranched alkanes of at least 4 members (excludes halogenated alkanes) is 14. The van der Waals surface area contributed by atoms with Crippen LogP contribution in [0, 0.1) is 0 Å². The lowest BCUT2D eigenvalue weighted by Gasteiger charge is -2.18. The summed E-state index contributed by atoms with van der Waals surface area (Å²) >= 11 is 0. The largest absolute Gasteiger partial charge is 0.462 e. The van der Waals surface area contributed by atoms with Crippen LogP contribution in [-0.4, -0.2) is 37.2 Å². The van der Waals surface area contributed by atoms with Crippen molar-refractivity contribution in [2.24, 2.45) is 0 Å². The van der Waals surface area contributed by atoms with Gasteiger partial charge in [0.05, 0.1) is 0 Å². The zero-order chi connectivity index (χ0) is 51.4. The molecular weight excluding hydrogens is 877 g/mol. The number of ether oxygens (including phenoxy) is 3. The quantitative estimate of drug-likeness (QED) is 0.0262. The minimum absolute atomic E-state index is 0.111. The Bertz CT molecular complexity index is 1590. The minimum Gasteiger partial charge on any atom is -0.462 e. The van der Waals surface area contributed by atoms with Crippen molar-refractivity contribution >= 4 is 17.9 Å². The lowest BCUT2D eigenvalue weighted by Crippen LogP contribution is -2.30. The Hall–Kier alpha value is -4.71. The second kappa shape index (κ2) is 57.9. The van der Waals surface area contributed by atoms with E-state index in [1.165, 1.54) is 19.3 Å². The van der Waals surface area contributed by atoms with Gasteiger partial charge in [-0.15, -0.1) is 0 Å². The van der Waals surface area contributed by atoms with E-state index in [0.717, 1.165) is 161 Å². The molecule has 6 nitrogen and oxygen atoms in total. The van der Waals surface area contributed by atoms with Crippen LogP contribution < -0.4 is 0 Å². The SMILES string of the molecule is CC/C=C\C/C=C\C/C=C\C/C=C\C/C=C\C/C=C\CCCCC(=O)OCC(COC(=O)CCCCCCC/C=C\C/C=C\CCC)OC(=O)CCCCCCCC/C=C\C/C=C\C/C=C\C/C=C\CC. The van der Waals surface area contributed by atoms with E-state index < -0.39 is 6.10 Å². The average molecular weight is 980 g/mol. The summed E-state index contributed by atoms with van der Waals surface area (Å²) in [5, 5.41) is 0. The topological polar surface area (TPSA) is 78.9 Å². The first-order chi connectivity index (χ1) is 35.0. The van der Waals surface area contributed by atoms with E-state index in [0.29, 0.717) is 25.7 Å². The van der Waals surface area contributed by atoms with Gasteiger partial charge in [0.25, 0.3) is 0 Å². The Morgan fingerprint density at radius 3 is 0.887 bits per heavy atom. The highest BCUT2D eigenvalue weighted by Gasteiger charge is 2.19. The molecule has 0 aliphatic rings. The molecule has 0 heterocycles. The highest BCUT2D eigenvalue weighted by atomic mass is 16.6. The molecule has 0 fully saturated rings. The van der Waals surface area contributed by atoms with Gasteiger partial charge in [0.2, 0.25) is 0 Å². The Kier molecular flexibility index (Phi) is 54.0. The summed E-state index contributed by atoms with van der Waals surface area (Å²) in [6.45, 7) is 6.27. The van der Waals surface area contributed by atoms with E-state index in [4.69, 9.17) is 14.2 Å². The Balaban J connectivity index is 4.52. The summed E-state index contributed by atoms with van der Waals surface area (Å²) in [5.41, 5.74) is 0. The third kappa shape index (κ3) is 56.1. The van der Waals surface area contributed by atoms with Crippen molar-refractivity contribution in [2.45, 2.75) is 232 Å². The lowest BCUT2D eigenvalue weighted by atomic mass is 10.1. The molecule has 0 rings (SSSR count). The Labute approximate surface area is 436 Å². The fourth-order valence-electron chi connectivity index (χ4n) is 7.12. The van der Waals surface area contributed by atoms with Crippen molar-refractivity contribution in [1.82, 2.24) is 0 Å². The van der Waals surface area contributed by atoms with E-state index in [1.807, 2.05) is 0 Å². The summed E-state index contributed by atoms with van der Waals surface area (Å²) in [6.07, 6.45) is 82.6. The number of rotatable bonds is 49. The second-order valence-electron chi connectivity index (χ2n) is 18.1. The molecule has 0 aliphatic heterocycles. The van der Waals surface area contributed by atoms with Crippen LogP contribution in [0.1, 0.15) is 226 Å². The number of carbonyl (C=O) groups excluding carboxylic acids is 3. The molecule has 0 aromatic rings. The molecule has 0 radical (unpaired) electrons. The number of allylic oxidation sites excluding steroid dienone is 24. The summed E-state index contributed by atoms with van der Waals surface area (Å²) < 4.78 is 16.8. The van der Waals surface area contributed by atoms with Gasteiger partial charge in [-0.2, -0.15) is 0 Å². The first-order valence-electron chi connectivity index (χ1n) is 28.3. The summed E-state index contributed by atoms with van der Waals surface area (Å²) in [6, 6.07) is 0. The molecule has 0 saturated carbocycles. The van der Waals surface area contributed by atoms with E-state index in [2.05, 4.69) is 167 Å². The zero-order valence-electron chi connectivity index (χ0n) is 45.4. The van der Waals surface area contributed by atoms with Crippen molar-refractivity contribution in [3.8, 4) is 0 Å². The molecule has 6 heteroatoms. The number of hydrogen-bond donors (Lipinski definition) is 0. The molecule has 0 aliphatic carbocycles. The van der Waals surface area contributed by atoms with Gasteiger partial charge < -0.3 is 14.2 Å². The van der Waals surface area contributed by atoms with E-state index in [-0.39, 0.29) is 31.1 Å². The highest BCUT2D eigenvalue weighted by Crippen LogP contribution is 2.13. The monoisotopic (exact) mass is 979 g/mol. The molecule has 0 amide bonds. The fourth-order valence-corrected chi connectivity index (χ4v) is 7.12. The third-order valence-electron chi connectivity index (χ3n) is 11.3. The summed E-state index contributed by atoms with van der Waals surface area (Å²) in [4.78, 5) is 38.1. The predicted molar refractivity (Wildman–Crippen MR) is 306 cm³/mol. The van der Waals surface area contributed by atoms with Crippen LogP contribution in [-0.2, 0) is 28.6 Å². The number of hydrogen-bond acceptors (Lipinski definition) is 6. The van der Waals surface area contributed by atoms with E-state index in [1.54, 1.807) is 0 Å². The van der Waals surface area contributed by atoms with Gasteiger partial charge in [-0.3, -0.25) is 14.4 Å². The van der Waals surface area contributed by atoms with Crippen LogP contribution in [0.4, 0.5) is 0 Å². The zero-order valence-corrected chi connectivity index (χ0v) is 45.4. The molecule has 0 bridgehead atoms. The maximum Gasteiger partial charge on any atom is 0.306 e. The van der Waals surface area contributed by atoms with Gasteiger partial charge in [-0.1, -0.05) is 218 Å². The second-order valence-corrected chi connectivity index (χ2v) is 18.1. The van der Waals surface area contributed by atoms with Crippen molar-refractivity contribution in [3.63, 3.8) is 0 Å². The molecule has 398 valence electrons. The molecule has 1 atom stereocenters. The Morgan fingerprint density at radius 1 is 0.296 bits per heavy atom. The first-order valence-corrected chi connectivity index (χ1v) is 28.3. The smallest absolute Gasteiger partial charge is 0.306 e. The van der Waals surface area contributed by atoms with Crippen LogP contribution >= 0.6 is 0 Å². The first kappa shape index (κ1) is 66.3. The maximum absolute atomic E-state index is 12.9. The van der Waals surface area contributed by atoms with Crippen LogP contribution in [0.25, 0.3) is 0 Å². The number of esters is 3. The highest BCUT2D eigenvalue weighted by molar-refractivity contribution is 5.71. The molecule has 0 saturated heterocycles. The van der Waals surface area contributed by atoms with E-state index >= 15 is 0 Å². The lowest BCUT2D eigenvalue weighted by molar-refractivity contribution is -0.167. The normalized spacial score (nSPS) is 13.2. The van der Waals surface area contributed by atoms with Gasteiger partial charge in [-0.25, -0.2) is 0 Å². The van der Waals surface area contributed by atoms with Crippen molar-refractivity contribution < 1.29 is 28.6 Å². The molecule has 0 aromatic heterocycles. The Morgan fingerprint density at radius 2 is 0.549 bits per heavy atom. The molecule has 0 aromatic carbocycles. The van der Waals surface area contributed by atoms with Gasteiger partial charge in [0, 0.05) is 19.3 Å². The predicted octanol–water partition coefficient (Wildman–Crippen LogP) is 19.2. The molecule has 1 unspecified atom stereocenters. The van der Waals surface area contributed by atoms with Crippen LogP contribution in [0.15, 0.2) is 146 Å². The van der Waals surface area contributed by atoms with Crippen molar-refractivity contribution in [1.29, 1.82) is 0 Å². The minimum atomic E-state index is -0.817. The molecule has 71 heavy (non-hydrogen) atoms. The van der Waals surface area contributed by atoms with Gasteiger partial charge in [0.1, 0.15) is 13.2 Å². The maximum atomic E-state index is 12.9. The molecular formula is C65H102O6. The van der Waals surface area contributed by atoms with Gasteiger partial charge >= 0.3 is 17.9 Å². The van der Waals surface area contributed by atoms with Crippen LogP contribution in [0.5, 0.6) is 0 Å². The molecule has 0 spiro atoms. The standard InChI is InChI=1S/C65H102O6/c1-4-7-10-13-16-19-22-25-27-29-31-32-34-35-37-40-43-46-49-52-55-58-64(67)70-61-62(60-69-63(66)57-54-51-48-45-42-39-24-21-18-15-12-9-6-3)71-65(68)59-56-53-50-47-44-41-38-36-33-30-28-26-23-20-17-14-11-8-5-2/h7-8,10-12,15-17,19-21,24-28,31-33,35-37,43,46,62H,4-6,9,13-14,18,22-23,29-30,34,38-42,44-45,47-61H2,1-3H3/b10-7-,11-8-,15-12-,19-16-,20-17-,24-21-,27-25-,28-26-,32-31-,36-33-,37-35-,46-43-. The van der Waals surface area contributed by atoms with Gasteiger partial charge in [-0.05, 0) is 135 Å². The number of carbonyl (C=O) groups is 3. The van der Waals surface area contributed by atoms with Gasteiger partial charge in [0.15, 0.2) is 6.10 Å². The fraction of sp³-hybridized carbons (Fsp3) is 0.585. The van der Waals surface area contributed by atoms with Crippen molar-refractivity contribution in [2.75, 3.05) is 13.2 Å². The molecule has 0 N–H and O–H groups in total. The van der Waals surface area contributed by atoms with Crippen LogP contribution in [0.3, 0.4) is 0 Å². The van der Waals surface area contributed by atoms with Crippen molar-refractivity contribution in [3.05, 3.63) is 146 Å². The third-order valence-corrected chi connectivity index (χ3v) is 11.3. The summed E-state index contributed by atoms with van der Waals surface area (Å²) in [7, 11) is 0. The average Bonchev–Trinajstić information content (AvgIpc) is 3.37.